The van der Waals surface area contributed by atoms with Gasteiger partial charge in [-0.15, -0.1) is 0 Å². The molecule has 124 valence electrons. The number of fused-ring (bicyclic) bond motifs is 5. The van der Waals surface area contributed by atoms with Gasteiger partial charge in [0.15, 0.2) is 0 Å². The molecule has 0 aromatic carbocycles. The van der Waals surface area contributed by atoms with Gasteiger partial charge in [0, 0.05) is 0 Å². The summed E-state index contributed by atoms with van der Waals surface area (Å²) >= 11 is 0. The molecule has 0 bridgehead atoms. The van der Waals surface area contributed by atoms with Gasteiger partial charge in [-0.3, -0.25) is 4.79 Å². The molecular weight excluding hydrogens is 272 g/mol. The highest BCUT2D eigenvalue weighted by atomic mass is 16.4. The second-order valence-corrected chi connectivity index (χ2v) is 8.89. The predicted octanol–water partition coefficient (Wildman–Crippen LogP) is 4.98. The van der Waals surface area contributed by atoms with Crippen LogP contribution < -0.4 is 0 Å². The lowest BCUT2D eigenvalue weighted by atomic mass is 9.53. The first kappa shape index (κ1) is 15.0. The fraction of sp³-hybridized carbons (Fsp3) is 0.950. The van der Waals surface area contributed by atoms with Crippen molar-refractivity contribution in [2.75, 3.05) is 0 Å². The lowest BCUT2D eigenvalue weighted by Crippen LogP contribution is -2.44. The molecule has 2 nitrogen and oxygen atoms in total. The fourth-order valence-corrected chi connectivity index (χ4v) is 7.34. The molecule has 0 amide bonds. The van der Waals surface area contributed by atoms with Crippen molar-refractivity contribution >= 4 is 5.97 Å². The molecular formula is C20H32O2. The number of carbonyl (C=O) groups is 1. The van der Waals surface area contributed by atoms with Crippen LogP contribution in [0.1, 0.15) is 71.1 Å². The summed E-state index contributed by atoms with van der Waals surface area (Å²) in [5.74, 6) is 5.39. The Labute approximate surface area is 135 Å². The summed E-state index contributed by atoms with van der Waals surface area (Å²) in [4.78, 5) is 11.4. The molecule has 0 aromatic heterocycles. The van der Waals surface area contributed by atoms with Crippen LogP contribution in [0.15, 0.2) is 0 Å². The van der Waals surface area contributed by atoms with E-state index >= 15 is 0 Å². The van der Waals surface area contributed by atoms with E-state index < -0.39 is 5.97 Å². The highest BCUT2D eigenvalue weighted by Gasteiger charge is 2.52. The summed E-state index contributed by atoms with van der Waals surface area (Å²) < 4.78 is 0. The van der Waals surface area contributed by atoms with E-state index in [0.717, 1.165) is 35.5 Å². The largest absolute Gasteiger partial charge is 0.481 e. The fourth-order valence-electron chi connectivity index (χ4n) is 7.34. The zero-order chi connectivity index (χ0) is 15.3. The Kier molecular flexibility index (Phi) is 3.98. The van der Waals surface area contributed by atoms with E-state index in [1.807, 2.05) is 6.92 Å². The molecule has 0 aromatic rings. The van der Waals surface area contributed by atoms with Gasteiger partial charge in [-0.2, -0.15) is 0 Å². The van der Waals surface area contributed by atoms with E-state index in [2.05, 4.69) is 0 Å². The number of rotatable bonds is 2. The third-order valence-corrected chi connectivity index (χ3v) is 8.29. The average molecular weight is 304 g/mol. The second kappa shape index (κ2) is 5.83. The molecule has 0 heterocycles. The molecule has 4 aliphatic rings. The van der Waals surface area contributed by atoms with Crippen molar-refractivity contribution < 1.29 is 9.90 Å². The van der Waals surface area contributed by atoms with Gasteiger partial charge < -0.3 is 5.11 Å². The van der Waals surface area contributed by atoms with Crippen molar-refractivity contribution in [3.8, 4) is 0 Å². The van der Waals surface area contributed by atoms with Gasteiger partial charge in [0.05, 0.1) is 5.92 Å². The van der Waals surface area contributed by atoms with Crippen molar-refractivity contribution in [1.82, 2.24) is 0 Å². The van der Waals surface area contributed by atoms with E-state index in [-0.39, 0.29) is 5.92 Å². The zero-order valence-corrected chi connectivity index (χ0v) is 14.0. The van der Waals surface area contributed by atoms with Crippen LogP contribution in [0.4, 0.5) is 0 Å². The van der Waals surface area contributed by atoms with Crippen LogP contribution in [0.2, 0.25) is 0 Å². The molecule has 22 heavy (non-hydrogen) atoms. The molecule has 0 radical (unpaired) electrons. The minimum Gasteiger partial charge on any atom is -0.481 e. The molecule has 4 fully saturated rings. The Morgan fingerprint density at radius 2 is 1.36 bits per heavy atom. The summed E-state index contributed by atoms with van der Waals surface area (Å²) in [5, 5.41) is 9.42. The molecule has 0 unspecified atom stereocenters. The van der Waals surface area contributed by atoms with E-state index in [1.54, 1.807) is 0 Å². The Morgan fingerprint density at radius 1 is 0.773 bits per heavy atom. The van der Waals surface area contributed by atoms with Gasteiger partial charge in [0.2, 0.25) is 0 Å². The number of hydrogen-bond acceptors (Lipinski definition) is 1. The number of aliphatic carboxylic acids is 1. The van der Waals surface area contributed by atoms with Crippen molar-refractivity contribution in [2.24, 2.45) is 47.3 Å². The first-order chi connectivity index (χ1) is 10.7. The maximum absolute atomic E-state index is 11.4. The van der Waals surface area contributed by atoms with Gasteiger partial charge in [-0.25, -0.2) is 0 Å². The predicted molar refractivity (Wildman–Crippen MR) is 87.4 cm³/mol. The van der Waals surface area contributed by atoms with E-state index in [0.29, 0.717) is 5.92 Å². The van der Waals surface area contributed by atoms with Gasteiger partial charge in [-0.1, -0.05) is 26.2 Å². The van der Waals surface area contributed by atoms with Crippen LogP contribution in [0.25, 0.3) is 0 Å². The SMILES string of the molecule is C[C@@H](C(=O)O)[C@H]1CC[C@H]2[C@@H]3CC[C@H]4CCCC[C@@H]4[C@H]3CC[C@@H]21. The normalized spacial score (nSPS) is 48.9. The standard InChI is InChI=1S/C20H32O2/c1-12(20(21)22)14-8-9-19-16(14)10-11-17-15-5-3-2-4-13(15)6-7-18(17)19/h12-19H,2-11H2,1H3,(H,21,22)/t12-,13-,14-,15+,16-,17-,18-,19-/m1/s1. The molecule has 0 saturated heterocycles. The third kappa shape index (κ3) is 2.32. The monoisotopic (exact) mass is 304 g/mol. The molecule has 0 aliphatic heterocycles. The molecule has 4 rings (SSSR count). The molecule has 8 atom stereocenters. The summed E-state index contributed by atoms with van der Waals surface area (Å²) in [6.07, 6.45) is 14.1. The highest BCUT2D eigenvalue weighted by Crippen LogP contribution is 2.59. The Balaban J connectivity index is 1.50. The van der Waals surface area contributed by atoms with E-state index in [9.17, 15) is 9.90 Å². The highest BCUT2D eigenvalue weighted by molar-refractivity contribution is 5.70. The summed E-state index contributed by atoms with van der Waals surface area (Å²) in [6.45, 7) is 1.96. The maximum atomic E-state index is 11.4. The lowest BCUT2D eigenvalue weighted by Gasteiger charge is -2.52. The van der Waals surface area contributed by atoms with Gasteiger partial charge in [-0.05, 0) is 86.4 Å². The van der Waals surface area contributed by atoms with Crippen molar-refractivity contribution in [1.29, 1.82) is 0 Å². The topological polar surface area (TPSA) is 37.3 Å². The minimum atomic E-state index is -0.566. The first-order valence-corrected chi connectivity index (χ1v) is 9.89. The number of carboxylic acids is 1. The number of hydrogen-bond donors (Lipinski definition) is 1. The summed E-state index contributed by atoms with van der Waals surface area (Å²) in [6, 6.07) is 0. The molecule has 4 aliphatic carbocycles. The number of carboxylic acid groups (broad SMARTS) is 1. The third-order valence-electron chi connectivity index (χ3n) is 8.29. The van der Waals surface area contributed by atoms with Crippen LogP contribution in [0, 0.1) is 47.3 Å². The molecule has 1 N–H and O–H groups in total. The van der Waals surface area contributed by atoms with Crippen molar-refractivity contribution in [3.63, 3.8) is 0 Å². The van der Waals surface area contributed by atoms with Crippen molar-refractivity contribution in [2.45, 2.75) is 71.1 Å². The Morgan fingerprint density at radius 3 is 2.18 bits per heavy atom. The van der Waals surface area contributed by atoms with Gasteiger partial charge in [0.1, 0.15) is 0 Å². The summed E-state index contributed by atoms with van der Waals surface area (Å²) in [7, 11) is 0. The van der Waals surface area contributed by atoms with Gasteiger partial charge in [0.25, 0.3) is 0 Å². The van der Waals surface area contributed by atoms with Crippen LogP contribution in [-0.4, -0.2) is 11.1 Å². The quantitative estimate of drug-likeness (QED) is 0.781. The minimum absolute atomic E-state index is 0.127. The maximum Gasteiger partial charge on any atom is 0.306 e. The van der Waals surface area contributed by atoms with Crippen LogP contribution >= 0.6 is 0 Å². The molecule has 0 spiro atoms. The van der Waals surface area contributed by atoms with E-state index in [4.69, 9.17) is 0 Å². The smallest absolute Gasteiger partial charge is 0.306 e. The van der Waals surface area contributed by atoms with Crippen LogP contribution in [0.3, 0.4) is 0 Å². The second-order valence-electron chi connectivity index (χ2n) is 8.89. The first-order valence-electron chi connectivity index (χ1n) is 9.89. The van der Waals surface area contributed by atoms with Gasteiger partial charge >= 0.3 is 5.97 Å². The lowest BCUT2D eigenvalue weighted by molar-refractivity contribution is -0.144. The summed E-state index contributed by atoms with van der Waals surface area (Å²) in [5.41, 5.74) is 0. The molecule has 4 saturated carbocycles. The van der Waals surface area contributed by atoms with Crippen LogP contribution in [-0.2, 0) is 4.79 Å². The van der Waals surface area contributed by atoms with Crippen LogP contribution in [0.5, 0.6) is 0 Å². The van der Waals surface area contributed by atoms with E-state index in [1.165, 1.54) is 64.2 Å². The average Bonchev–Trinajstić information content (AvgIpc) is 2.97. The van der Waals surface area contributed by atoms with Crippen molar-refractivity contribution in [3.05, 3.63) is 0 Å². The molecule has 2 heteroatoms. The Hall–Kier alpha value is -0.530. The Bertz CT molecular complexity index is 431. The zero-order valence-electron chi connectivity index (χ0n) is 14.0.